The molecule has 0 aliphatic carbocycles. The van der Waals surface area contributed by atoms with Gasteiger partial charge in [0.1, 0.15) is 6.04 Å². The van der Waals surface area contributed by atoms with Crippen molar-refractivity contribution in [3.63, 3.8) is 0 Å². The molecule has 16 heavy (non-hydrogen) atoms. The maximum absolute atomic E-state index is 10.9. The lowest BCUT2D eigenvalue weighted by Crippen LogP contribution is -2.42. The van der Waals surface area contributed by atoms with Crippen molar-refractivity contribution >= 4 is 5.91 Å². The molecule has 4 N–H and O–H groups in total. The summed E-state index contributed by atoms with van der Waals surface area (Å²) in [5.74, 6) is 0.129. The first-order valence-electron chi connectivity index (χ1n) is 5.28. The van der Waals surface area contributed by atoms with Gasteiger partial charge in [-0.15, -0.1) is 0 Å². The molecule has 1 aromatic heterocycles. The molecule has 0 aliphatic rings. The Morgan fingerprint density at radius 2 is 2.38 bits per heavy atom. The lowest BCUT2D eigenvalue weighted by molar-refractivity contribution is -0.120. The van der Waals surface area contributed by atoms with E-state index in [1.165, 1.54) is 0 Å². The average molecular weight is 226 g/mol. The van der Waals surface area contributed by atoms with Gasteiger partial charge in [0.15, 0.2) is 5.75 Å². The Bertz CT molecular complexity index is 350. The molecule has 2 atom stereocenters. The zero-order chi connectivity index (χ0) is 12.1. The summed E-state index contributed by atoms with van der Waals surface area (Å²) in [6, 6.07) is -1.03. The molecule has 0 aliphatic heterocycles. The number of hydrogen-bond donors (Lipinski definition) is 2. The molecular weight excluding hydrogens is 208 g/mol. The second kappa shape index (κ2) is 5.50. The second-order valence-corrected chi connectivity index (χ2v) is 3.67. The van der Waals surface area contributed by atoms with Crippen molar-refractivity contribution in [2.24, 2.45) is 11.5 Å². The molecule has 1 heterocycles. The predicted molar refractivity (Wildman–Crippen MR) is 59.9 cm³/mol. The van der Waals surface area contributed by atoms with Gasteiger partial charge in [-0.25, -0.2) is 0 Å². The van der Waals surface area contributed by atoms with Crippen molar-refractivity contribution < 1.29 is 9.53 Å². The van der Waals surface area contributed by atoms with Crippen LogP contribution in [0.15, 0.2) is 12.4 Å². The summed E-state index contributed by atoms with van der Waals surface area (Å²) in [6.45, 7) is 4.45. The summed E-state index contributed by atoms with van der Waals surface area (Å²) in [6.07, 6.45) is 4.24. The summed E-state index contributed by atoms with van der Waals surface area (Å²) >= 11 is 0. The van der Waals surface area contributed by atoms with Gasteiger partial charge < -0.3 is 16.2 Å². The molecule has 1 aromatic rings. The fraction of sp³-hybridized carbons (Fsp3) is 0.600. The average Bonchev–Trinajstić information content (AvgIpc) is 2.72. The summed E-state index contributed by atoms with van der Waals surface area (Å²) in [7, 11) is 0. The van der Waals surface area contributed by atoms with Gasteiger partial charge in [0.05, 0.1) is 25.0 Å². The Morgan fingerprint density at radius 3 is 2.94 bits per heavy atom. The number of nitrogens with two attached hydrogens (primary N) is 2. The third-order valence-corrected chi connectivity index (χ3v) is 2.32. The number of rotatable bonds is 6. The minimum absolute atomic E-state index is 0.281. The van der Waals surface area contributed by atoms with Crippen molar-refractivity contribution in [1.29, 1.82) is 0 Å². The molecule has 0 bridgehead atoms. The van der Waals surface area contributed by atoms with Crippen molar-refractivity contribution in [2.75, 3.05) is 6.61 Å². The van der Waals surface area contributed by atoms with E-state index in [2.05, 4.69) is 5.10 Å². The lowest BCUT2D eigenvalue weighted by Gasteiger charge is -2.16. The summed E-state index contributed by atoms with van der Waals surface area (Å²) in [5, 5.41) is 4.08. The lowest BCUT2D eigenvalue weighted by atomic mass is 10.1. The maximum Gasteiger partial charge on any atom is 0.236 e. The SMILES string of the molecule is CCCOc1cnn(C(C)C(N)C(N)=O)c1. The van der Waals surface area contributed by atoms with E-state index in [0.29, 0.717) is 12.4 Å². The van der Waals surface area contributed by atoms with Crippen LogP contribution < -0.4 is 16.2 Å². The number of carbonyl (C=O) groups is 1. The number of hydrogen-bond acceptors (Lipinski definition) is 4. The Balaban J connectivity index is 2.66. The van der Waals surface area contributed by atoms with E-state index in [4.69, 9.17) is 16.2 Å². The number of ether oxygens (including phenoxy) is 1. The molecule has 1 rings (SSSR count). The van der Waals surface area contributed by atoms with E-state index < -0.39 is 11.9 Å². The second-order valence-electron chi connectivity index (χ2n) is 3.67. The molecule has 1 amide bonds. The minimum Gasteiger partial charge on any atom is -0.490 e. The van der Waals surface area contributed by atoms with Crippen molar-refractivity contribution in [3.8, 4) is 5.75 Å². The molecule has 6 heteroatoms. The van der Waals surface area contributed by atoms with Crippen LogP contribution in [0.25, 0.3) is 0 Å². The van der Waals surface area contributed by atoms with Gasteiger partial charge in [-0.1, -0.05) is 6.92 Å². The first-order chi connectivity index (χ1) is 7.56. The highest BCUT2D eigenvalue weighted by Crippen LogP contribution is 2.14. The normalized spacial score (nSPS) is 14.4. The number of primary amides is 1. The molecule has 2 unspecified atom stereocenters. The Labute approximate surface area is 94.5 Å². The van der Waals surface area contributed by atoms with Crippen LogP contribution in [-0.2, 0) is 4.79 Å². The van der Waals surface area contributed by atoms with Gasteiger partial charge in [-0.2, -0.15) is 5.10 Å². The van der Waals surface area contributed by atoms with Crippen molar-refractivity contribution in [2.45, 2.75) is 32.4 Å². The molecule has 0 spiro atoms. The van der Waals surface area contributed by atoms with Gasteiger partial charge in [-0.3, -0.25) is 9.48 Å². The zero-order valence-electron chi connectivity index (χ0n) is 9.59. The van der Waals surface area contributed by atoms with Crippen LogP contribution in [0.5, 0.6) is 5.75 Å². The third-order valence-electron chi connectivity index (χ3n) is 2.32. The molecular formula is C10H18N4O2. The van der Waals surface area contributed by atoms with E-state index in [1.54, 1.807) is 24.0 Å². The monoisotopic (exact) mass is 226 g/mol. The molecule has 0 radical (unpaired) electrons. The molecule has 0 fully saturated rings. The number of nitrogens with zero attached hydrogens (tertiary/aromatic N) is 2. The van der Waals surface area contributed by atoms with Crippen LogP contribution in [0.3, 0.4) is 0 Å². The van der Waals surface area contributed by atoms with E-state index >= 15 is 0 Å². The summed E-state index contributed by atoms with van der Waals surface area (Å²) < 4.78 is 6.97. The van der Waals surface area contributed by atoms with Crippen LogP contribution in [0.2, 0.25) is 0 Å². The Morgan fingerprint density at radius 1 is 1.69 bits per heavy atom. The Kier molecular flexibility index (Phi) is 4.30. The van der Waals surface area contributed by atoms with E-state index in [1.807, 2.05) is 6.92 Å². The van der Waals surface area contributed by atoms with E-state index in [-0.39, 0.29) is 6.04 Å². The van der Waals surface area contributed by atoms with Gasteiger partial charge in [-0.05, 0) is 13.3 Å². The van der Waals surface area contributed by atoms with Crippen LogP contribution in [0, 0.1) is 0 Å². The summed E-state index contributed by atoms with van der Waals surface area (Å²) in [4.78, 5) is 10.9. The topological polar surface area (TPSA) is 96.2 Å². The predicted octanol–water partition coefficient (Wildman–Crippen LogP) is 0.0455. The fourth-order valence-electron chi connectivity index (χ4n) is 1.24. The van der Waals surface area contributed by atoms with E-state index in [0.717, 1.165) is 6.42 Å². The zero-order valence-corrected chi connectivity index (χ0v) is 9.59. The highest BCUT2D eigenvalue weighted by molar-refractivity contribution is 5.80. The fourth-order valence-corrected chi connectivity index (χ4v) is 1.24. The van der Waals surface area contributed by atoms with Crippen LogP contribution in [0.1, 0.15) is 26.3 Å². The largest absolute Gasteiger partial charge is 0.490 e. The Hall–Kier alpha value is -1.56. The first kappa shape index (κ1) is 12.5. The highest BCUT2D eigenvalue weighted by atomic mass is 16.5. The standard InChI is InChI=1S/C10H18N4O2/c1-3-4-16-8-5-13-14(6-8)7(2)9(11)10(12)15/h5-7,9H,3-4,11H2,1-2H3,(H2,12,15). The molecule has 90 valence electrons. The van der Waals surface area contributed by atoms with Crippen LogP contribution >= 0.6 is 0 Å². The smallest absolute Gasteiger partial charge is 0.236 e. The molecule has 6 nitrogen and oxygen atoms in total. The molecule has 0 saturated heterocycles. The van der Waals surface area contributed by atoms with Gasteiger partial charge in [0.25, 0.3) is 0 Å². The third kappa shape index (κ3) is 2.96. The van der Waals surface area contributed by atoms with Crippen LogP contribution in [0.4, 0.5) is 0 Å². The van der Waals surface area contributed by atoms with Gasteiger partial charge in [0.2, 0.25) is 5.91 Å². The van der Waals surface area contributed by atoms with Crippen molar-refractivity contribution in [1.82, 2.24) is 9.78 Å². The van der Waals surface area contributed by atoms with Crippen molar-refractivity contribution in [3.05, 3.63) is 12.4 Å². The number of carbonyl (C=O) groups excluding carboxylic acids is 1. The maximum atomic E-state index is 10.9. The van der Waals surface area contributed by atoms with Gasteiger partial charge in [0, 0.05) is 0 Å². The number of amides is 1. The number of aromatic nitrogens is 2. The van der Waals surface area contributed by atoms with Crippen LogP contribution in [-0.4, -0.2) is 28.3 Å². The van der Waals surface area contributed by atoms with Gasteiger partial charge >= 0.3 is 0 Å². The minimum atomic E-state index is -0.751. The highest BCUT2D eigenvalue weighted by Gasteiger charge is 2.20. The van der Waals surface area contributed by atoms with E-state index in [9.17, 15) is 4.79 Å². The quantitative estimate of drug-likeness (QED) is 0.716. The summed E-state index contributed by atoms with van der Waals surface area (Å²) in [5.41, 5.74) is 10.8. The molecule has 0 aromatic carbocycles. The first-order valence-corrected chi connectivity index (χ1v) is 5.28. The molecule has 0 saturated carbocycles.